The van der Waals surface area contributed by atoms with E-state index in [1.54, 1.807) is 40.8 Å². The molecular weight excluding hydrogens is 372 g/mol. The Kier molecular flexibility index (Phi) is 3.59. The maximum Gasteiger partial charge on any atom is 0.257 e. The first-order chi connectivity index (χ1) is 11.4. The predicted octanol–water partition coefficient (Wildman–Crippen LogP) is 2.00. The topological polar surface area (TPSA) is 88.7 Å². The number of amidine groups is 1. The number of pyridine rings is 1. The van der Waals surface area contributed by atoms with Crippen LogP contribution in [0.5, 0.6) is 0 Å². The number of halogens is 1. The summed E-state index contributed by atoms with van der Waals surface area (Å²) in [5.74, 6) is 0. The monoisotopic (exact) mass is 382 g/mol. The number of fused-ring (bicyclic) bond motifs is 2. The summed E-state index contributed by atoms with van der Waals surface area (Å²) in [6.45, 7) is 0. The molecular formula is C14H11ClN4O3S2. The lowest BCUT2D eigenvalue weighted by Gasteiger charge is -2.23. The Bertz CT molecular complexity index is 993. The summed E-state index contributed by atoms with van der Waals surface area (Å²) in [5.41, 5.74) is -0.478. The van der Waals surface area contributed by atoms with Crippen LogP contribution in [-0.2, 0) is 10.0 Å². The van der Waals surface area contributed by atoms with E-state index in [0.29, 0.717) is 15.6 Å². The van der Waals surface area contributed by atoms with Gasteiger partial charge in [0.1, 0.15) is 0 Å². The minimum absolute atomic E-state index is 0.402. The van der Waals surface area contributed by atoms with E-state index in [9.17, 15) is 13.6 Å². The standard InChI is InChI=1S/C14H11ClN4O3S2/c15-12-13(19-5-6-23-14(19)16-12)24(21,22)17-11-2-1-10-8-18(20)4-3-9(10)7-11/h1-8,12-13,17H. The van der Waals surface area contributed by atoms with Gasteiger partial charge in [0.25, 0.3) is 10.0 Å². The molecule has 0 radical (unpaired) electrons. The van der Waals surface area contributed by atoms with Crippen molar-refractivity contribution in [1.82, 2.24) is 4.90 Å². The van der Waals surface area contributed by atoms with Crippen molar-refractivity contribution in [1.29, 1.82) is 0 Å². The van der Waals surface area contributed by atoms with Gasteiger partial charge in [-0.25, -0.2) is 13.4 Å². The zero-order valence-corrected chi connectivity index (χ0v) is 14.4. The fourth-order valence-corrected chi connectivity index (χ4v) is 5.56. The smallest absolute Gasteiger partial charge is 0.257 e. The van der Waals surface area contributed by atoms with E-state index in [0.717, 1.165) is 10.8 Å². The van der Waals surface area contributed by atoms with Gasteiger partial charge in [0.2, 0.25) is 0 Å². The molecule has 1 N–H and O–H groups in total. The van der Waals surface area contributed by atoms with E-state index >= 15 is 0 Å². The molecule has 2 aliphatic heterocycles. The number of thioether (sulfide) groups is 1. The average Bonchev–Trinajstić information content (AvgIpc) is 3.06. The van der Waals surface area contributed by atoms with Crippen LogP contribution in [0, 0.1) is 5.21 Å². The molecule has 2 aliphatic rings. The molecule has 0 fully saturated rings. The summed E-state index contributed by atoms with van der Waals surface area (Å²) >= 11 is 7.44. The molecule has 0 spiro atoms. The van der Waals surface area contributed by atoms with E-state index in [4.69, 9.17) is 11.6 Å². The molecule has 1 aromatic heterocycles. The van der Waals surface area contributed by atoms with Crippen LogP contribution in [0.15, 0.2) is 53.3 Å². The van der Waals surface area contributed by atoms with Crippen molar-refractivity contribution < 1.29 is 13.1 Å². The highest BCUT2D eigenvalue weighted by molar-refractivity contribution is 8.16. The number of alkyl halides is 1. The van der Waals surface area contributed by atoms with Crippen LogP contribution >= 0.6 is 23.4 Å². The second-order valence-electron chi connectivity index (χ2n) is 5.28. The number of hydrogen-bond donors (Lipinski definition) is 1. The Labute approximate surface area is 147 Å². The number of benzene rings is 1. The molecule has 7 nitrogen and oxygen atoms in total. The first-order valence-electron chi connectivity index (χ1n) is 6.92. The molecule has 10 heteroatoms. The highest BCUT2D eigenvalue weighted by Gasteiger charge is 2.45. The number of anilines is 1. The van der Waals surface area contributed by atoms with Gasteiger partial charge in [0, 0.05) is 23.3 Å². The largest absolute Gasteiger partial charge is 0.619 e. The summed E-state index contributed by atoms with van der Waals surface area (Å²) < 4.78 is 28.7. The Morgan fingerprint density at radius 1 is 1.33 bits per heavy atom. The van der Waals surface area contributed by atoms with Crippen LogP contribution < -0.4 is 9.45 Å². The Hall–Kier alpha value is -1.97. The van der Waals surface area contributed by atoms with Crippen molar-refractivity contribution in [3.63, 3.8) is 0 Å². The van der Waals surface area contributed by atoms with E-state index in [1.807, 2.05) is 0 Å². The summed E-state index contributed by atoms with van der Waals surface area (Å²) in [4.78, 5) is 5.70. The molecule has 0 aliphatic carbocycles. The molecule has 0 amide bonds. The summed E-state index contributed by atoms with van der Waals surface area (Å²) in [6, 6.07) is 6.58. The lowest BCUT2D eigenvalue weighted by atomic mass is 10.1. The number of hydrogen-bond acceptors (Lipinski definition) is 6. The van der Waals surface area contributed by atoms with Crippen molar-refractivity contribution >= 4 is 55.0 Å². The lowest BCUT2D eigenvalue weighted by Crippen LogP contribution is -2.42. The number of rotatable bonds is 3. The second kappa shape index (κ2) is 5.54. The third-order valence-electron chi connectivity index (χ3n) is 3.69. The van der Waals surface area contributed by atoms with E-state index in [-0.39, 0.29) is 0 Å². The first-order valence-corrected chi connectivity index (χ1v) is 9.78. The van der Waals surface area contributed by atoms with Gasteiger partial charge in [-0.2, -0.15) is 4.73 Å². The van der Waals surface area contributed by atoms with Gasteiger partial charge in [-0.05, 0) is 29.0 Å². The Morgan fingerprint density at radius 3 is 3.00 bits per heavy atom. The number of nitrogens with one attached hydrogen (secondary N) is 1. The van der Waals surface area contributed by atoms with Gasteiger partial charge in [0.05, 0.1) is 0 Å². The minimum atomic E-state index is -3.80. The fraction of sp³-hybridized carbons (Fsp3) is 0.143. The zero-order chi connectivity index (χ0) is 16.9. The van der Waals surface area contributed by atoms with E-state index in [1.165, 1.54) is 24.2 Å². The van der Waals surface area contributed by atoms with E-state index in [2.05, 4.69) is 9.71 Å². The Balaban J connectivity index is 1.64. The van der Waals surface area contributed by atoms with Gasteiger partial charge in [0.15, 0.2) is 28.4 Å². The van der Waals surface area contributed by atoms with E-state index < -0.39 is 20.9 Å². The minimum Gasteiger partial charge on any atom is -0.619 e. The van der Waals surface area contributed by atoms with Crippen LogP contribution in [-0.4, -0.2) is 29.4 Å². The SMILES string of the molecule is O=S(=O)(Nc1ccc2c[n+]([O-])ccc2c1)C1C(Cl)N=C2SC=CN21. The molecule has 4 rings (SSSR count). The maximum absolute atomic E-state index is 12.7. The normalized spacial score (nSPS) is 22.7. The van der Waals surface area contributed by atoms with Crippen LogP contribution in [0.3, 0.4) is 0 Å². The molecule has 0 saturated heterocycles. The lowest BCUT2D eigenvalue weighted by molar-refractivity contribution is -0.603. The third-order valence-corrected chi connectivity index (χ3v) is 6.60. The number of nitrogens with zero attached hydrogens (tertiary/aromatic N) is 3. The third kappa shape index (κ3) is 2.58. The van der Waals surface area contributed by atoms with Crippen LogP contribution in [0.1, 0.15) is 0 Å². The molecule has 0 saturated carbocycles. The zero-order valence-electron chi connectivity index (χ0n) is 12.0. The Morgan fingerprint density at radius 2 is 2.17 bits per heavy atom. The molecule has 2 atom stereocenters. The first kappa shape index (κ1) is 15.6. The highest BCUT2D eigenvalue weighted by atomic mass is 35.5. The molecule has 3 heterocycles. The van der Waals surface area contributed by atoms with Gasteiger partial charge in [-0.1, -0.05) is 23.4 Å². The summed E-state index contributed by atoms with van der Waals surface area (Å²) in [6.07, 6.45) is 4.44. The van der Waals surface area contributed by atoms with Gasteiger partial charge in [-0.15, -0.1) is 0 Å². The van der Waals surface area contributed by atoms with Gasteiger partial charge < -0.3 is 10.1 Å². The second-order valence-corrected chi connectivity index (χ2v) is 8.38. The van der Waals surface area contributed by atoms with Crippen molar-refractivity contribution in [2.24, 2.45) is 4.99 Å². The van der Waals surface area contributed by atoms with Crippen LogP contribution in [0.4, 0.5) is 5.69 Å². The van der Waals surface area contributed by atoms with Crippen molar-refractivity contribution in [2.75, 3.05) is 4.72 Å². The van der Waals surface area contributed by atoms with Crippen LogP contribution in [0.2, 0.25) is 0 Å². The predicted molar refractivity (Wildman–Crippen MR) is 94.9 cm³/mol. The average molecular weight is 383 g/mol. The quantitative estimate of drug-likeness (QED) is 0.379. The molecule has 24 heavy (non-hydrogen) atoms. The molecule has 124 valence electrons. The van der Waals surface area contributed by atoms with Gasteiger partial charge >= 0.3 is 0 Å². The maximum atomic E-state index is 12.7. The number of aliphatic imine (C=N–C) groups is 1. The summed E-state index contributed by atoms with van der Waals surface area (Å²) in [7, 11) is -3.80. The van der Waals surface area contributed by atoms with Crippen molar-refractivity contribution in [3.05, 3.63) is 53.5 Å². The number of sulfonamides is 1. The van der Waals surface area contributed by atoms with Crippen molar-refractivity contribution in [3.8, 4) is 0 Å². The highest BCUT2D eigenvalue weighted by Crippen LogP contribution is 2.35. The fourth-order valence-electron chi connectivity index (χ4n) is 2.63. The number of aromatic nitrogens is 1. The molecule has 2 unspecified atom stereocenters. The molecule has 2 aromatic rings. The van der Waals surface area contributed by atoms with Crippen molar-refractivity contribution in [2.45, 2.75) is 10.9 Å². The summed E-state index contributed by atoms with van der Waals surface area (Å²) in [5, 5.41) is 14.1. The van der Waals surface area contributed by atoms with Crippen LogP contribution in [0.25, 0.3) is 10.8 Å². The van der Waals surface area contributed by atoms with Gasteiger partial charge in [-0.3, -0.25) is 4.72 Å². The molecule has 0 bridgehead atoms. The molecule has 1 aromatic carbocycles.